The summed E-state index contributed by atoms with van der Waals surface area (Å²) in [5, 5.41) is 9.97. The van der Waals surface area contributed by atoms with Crippen molar-refractivity contribution >= 4 is 34.8 Å². The second-order valence-electron chi connectivity index (χ2n) is 8.04. The maximum atomic E-state index is 14.0. The zero-order valence-electron chi connectivity index (χ0n) is 18.3. The predicted molar refractivity (Wildman–Crippen MR) is 132 cm³/mol. The van der Waals surface area contributed by atoms with Gasteiger partial charge in [0.05, 0.1) is 11.0 Å². The highest BCUT2D eigenvalue weighted by molar-refractivity contribution is 7.71. The molecule has 5 aromatic rings. The fourth-order valence-corrected chi connectivity index (χ4v) is 4.06. The minimum Gasteiger partial charge on any atom is -0.342 e. The summed E-state index contributed by atoms with van der Waals surface area (Å²) in [5.74, 6) is 0.748. The number of rotatable bonds is 6. The summed E-state index contributed by atoms with van der Waals surface area (Å²) in [6.45, 7) is 2.01. The topological polar surface area (TPSA) is 91.4 Å². The number of aromatic nitrogens is 5. The molecule has 0 unspecified atom stereocenters. The first kappa shape index (κ1) is 21.7. The van der Waals surface area contributed by atoms with Crippen molar-refractivity contribution in [1.29, 1.82) is 0 Å². The highest BCUT2D eigenvalue weighted by atomic mass is 32.1. The number of hydrogen-bond donors (Lipinski definition) is 3. The van der Waals surface area contributed by atoms with Gasteiger partial charge in [0, 0.05) is 17.7 Å². The highest BCUT2D eigenvalue weighted by Gasteiger charge is 2.14. The number of amides is 1. The van der Waals surface area contributed by atoms with Gasteiger partial charge in [0.25, 0.3) is 0 Å². The van der Waals surface area contributed by atoms with E-state index in [0.29, 0.717) is 34.1 Å². The van der Waals surface area contributed by atoms with Crippen LogP contribution >= 0.6 is 12.2 Å². The maximum absolute atomic E-state index is 14.0. The quantitative estimate of drug-likeness (QED) is 0.298. The first-order chi connectivity index (χ1) is 16.5. The van der Waals surface area contributed by atoms with E-state index in [1.807, 2.05) is 37.3 Å². The number of fused-ring (bicyclic) bond motifs is 1. The van der Waals surface area contributed by atoms with Crippen LogP contribution in [0.5, 0.6) is 0 Å². The number of halogens is 1. The number of aromatic amines is 2. The Balaban J connectivity index is 1.33. The van der Waals surface area contributed by atoms with Crippen molar-refractivity contribution < 1.29 is 9.18 Å². The fraction of sp³-hybridized carbons (Fsp3) is 0.120. The van der Waals surface area contributed by atoms with Crippen molar-refractivity contribution in [2.45, 2.75) is 19.9 Å². The van der Waals surface area contributed by atoms with E-state index >= 15 is 0 Å². The number of aryl methyl sites for hydroxylation is 1. The first-order valence-corrected chi connectivity index (χ1v) is 11.1. The molecule has 0 saturated heterocycles. The molecule has 0 spiro atoms. The zero-order valence-corrected chi connectivity index (χ0v) is 19.1. The van der Waals surface area contributed by atoms with E-state index in [2.05, 4.69) is 25.5 Å². The molecule has 2 heterocycles. The maximum Gasteiger partial charge on any atom is 0.244 e. The van der Waals surface area contributed by atoms with Crippen LogP contribution in [0.15, 0.2) is 66.7 Å². The van der Waals surface area contributed by atoms with E-state index in [-0.39, 0.29) is 18.3 Å². The van der Waals surface area contributed by atoms with Gasteiger partial charge in [0.15, 0.2) is 10.6 Å². The highest BCUT2D eigenvalue weighted by Crippen LogP contribution is 2.21. The number of hydrogen-bond acceptors (Lipinski definition) is 4. The number of H-pyrrole nitrogens is 2. The molecular weight excluding hydrogens is 451 g/mol. The third-order valence-corrected chi connectivity index (χ3v) is 5.78. The largest absolute Gasteiger partial charge is 0.342 e. The molecule has 0 fully saturated rings. The standard InChI is InChI=1S/C25H21FN6OS/c1-15-5-4-7-17(11-15)24-30-31-25(34)32(24)14-23(33)27-18-9-10-20-21(13-18)29-22(28-20)12-16-6-2-3-8-19(16)26/h2-11,13H,12,14H2,1H3,(H,27,33)(H,28,29)(H,31,34). The van der Waals surface area contributed by atoms with E-state index in [1.54, 1.807) is 34.9 Å². The summed E-state index contributed by atoms with van der Waals surface area (Å²) in [7, 11) is 0. The molecule has 0 aliphatic heterocycles. The van der Waals surface area contributed by atoms with E-state index in [4.69, 9.17) is 12.2 Å². The Morgan fingerprint density at radius 2 is 1.97 bits per heavy atom. The van der Waals surface area contributed by atoms with Crippen molar-refractivity contribution in [2.24, 2.45) is 0 Å². The Kier molecular flexibility index (Phi) is 5.77. The minimum absolute atomic E-state index is 0.0121. The Hall–Kier alpha value is -4.11. The van der Waals surface area contributed by atoms with Gasteiger partial charge < -0.3 is 10.3 Å². The van der Waals surface area contributed by atoms with Crippen molar-refractivity contribution in [2.75, 3.05) is 5.32 Å². The molecule has 0 aliphatic carbocycles. The summed E-state index contributed by atoms with van der Waals surface area (Å²) in [6, 6.07) is 19.9. The van der Waals surface area contributed by atoms with Crippen molar-refractivity contribution in [3.05, 3.63) is 94.3 Å². The van der Waals surface area contributed by atoms with Crippen LogP contribution in [0.4, 0.5) is 10.1 Å². The molecule has 0 bridgehead atoms. The van der Waals surface area contributed by atoms with Gasteiger partial charge in [-0.25, -0.2) is 9.37 Å². The third kappa shape index (κ3) is 4.51. The first-order valence-electron chi connectivity index (χ1n) is 10.7. The molecule has 1 amide bonds. The number of nitrogens with zero attached hydrogens (tertiary/aromatic N) is 3. The Morgan fingerprint density at radius 1 is 1.12 bits per heavy atom. The van der Waals surface area contributed by atoms with Gasteiger partial charge in [0.2, 0.25) is 5.91 Å². The molecule has 170 valence electrons. The lowest BCUT2D eigenvalue weighted by atomic mass is 10.1. The van der Waals surface area contributed by atoms with Gasteiger partial charge in [-0.1, -0.05) is 42.0 Å². The molecule has 3 aromatic carbocycles. The van der Waals surface area contributed by atoms with E-state index in [9.17, 15) is 9.18 Å². The predicted octanol–water partition coefficient (Wildman–Crippen LogP) is 5.16. The molecule has 0 saturated carbocycles. The van der Waals surface area contributed by atoms with Crippen LogP contribution in [0.25, 0.3) is 22.4 Å². The second-order valence-corrected chi connectivity index (χ2v) is 8.43. The summed E-state index contributed by atoms with van der Waals surface area (Å²) in [5.41, 5.74) is 4.64. The normalized spacial score (nSPS) is 11.1. The molecule has 3 N–H and O–H groups in total. The van der Waals surface area contributed by atoms with Crippen LogP contribution in [0, 0.1) is 17.5 Å². The number of carbonyl (C=O) groups is 1. The molecule has 0 atom stereocenters. The number of imidazole rings is 1. The van der Waals surface area contributed by atoms with E-state index in [1.165, 1.54) is 6.07 Å². The van der Waals surface area contributed by atoms with Crippen molar-refractivity contribution in [1.82, 2.24) is 24.7 Å². The molecule has 9 heteroatoms. The minimum atomic E-state index is -0.265. The van der Waals surface area contributed by atoms with Crippen LogP contribution < -0.4 is 5.32 Å². The summed E-state index contributed by atoms with van der Waals surface area (Å²) in [4.78, 5) is 20.6. The van der Waals surface area contributed by atoms with Gasteiger partial charge in [-0.3, -0.25) is 14.5 Å². The fourth-order valence-electron chi connectivity index (χ4n) is 3.86. The smallest absolute Gasteiger partial charge is 0.244 e. The monoisotopic (exact) mass is 472 g/mol. The molecular formula is C25H21FN6OS. The van der Waals surface area contributed by atoms with Gasteiger partial charge >= 0.3 is 0 Å². The number of anilines is 1. The zero-order chi connectivity index (χ0) is 23.7. The van der Waals surface area contributed by atoms with Crippen molar-refractivity contribution in [3.63, 3.8) is 0 Å². The van der Waals surface area contributed by atoms with Crippen LogP contribution in [0.2, 0.25) is 0 Å². The van der Waals surface area contributed by atoms with Crippen LogP contribution in [0.3, 0.4) is 0 Å². The van der Waals surface area contributed by atoms with Gasteiger partial charge in [-0.05, 0) is 55.0 Å². The molecule has 0 radical (unpaired) electrons. The SMILES string of the molecule is Cc1cccc(-c2n[nH]c(=S)n2CC(=O)Nc2ccc3nc(Cc4ccccc4F)[nH]c3c2)c1. The molecule has 7 nitrogen and oxygen atoms in total. The van der Waals surface area contributed by atoms with Crippen LogP contribution in [-0.4, -0.2) is 30.6 Å². The second kappa shape index (κ2) is 9.03. The number of carbonyl (C=O) groups excluding carboxylic acids is 1. The van der Waals surface area contributed by atoms with E-state index in [0.717, 1.165) is 22.2 Å². The summed E-state index contributed by atoms with van der Waals surface area (Å²) in [6.07, 6.45) is 0.351. The average Bonchev–Trinajstić information content (AvgIpc) is 3.38. The average molecular weight is 473 g/mol. The Morgan fingerprint density at radius 3 is 2.79 bits per heavy atom. The molecule has 2 aromatic heterocycles. The molecule has 5 rings (SSSR count). The summed E-state index contributed by atoms with van der Waals surface area (Å²) >= 11 is 5.34. The Bertz CT molecular complexity index is 1570. The lowest BCUT2D eigenvalue weighted by molar-refractivity contribution is -0.116. The lowest BCUT2D eigenvalue weighted by Gasteiger charge is -2.09. The van der Waals surface area contributed by atoms with Crippen LogP contribution in [0.1, 0.15) is 17.0 Å². The Labute approximate surface area is 199 Å². The molecule has 34 heavy (non-hydrogen) atoms. The number of benzene rings is 3. The van der Waals surface area contributed by atoms with Gasteiger partial charge in [0.1, 0.15) is 18.2 Å². The number of nitrogens with one attached hydrogen (secondary N) is 3. The van der Waals surface area contributed by atoms with Crippen LogP contribution in [-0.2, 0) is 17.8 Å². The van der Waals surface area contributed by atoms with Crippen molar-refractivity contribution in [3.8, 4) is 11.4 Å². The van der Waals surface area contributed by atoms with E-state index < -0.39 is 0 Å². The summed E-state index contributed by atoms with van der Waals surface area (Å²) < 4.78 is 16.0. The lowest BCUT2D eigenvalue weighted by Crippen LogP contribution is -2.19. The molecule has 0 aliphatic rings. The van der Waals surface area contributed by atoms with Gasteiger partial charge in [-0.15, -0.1) is 0 Å². The van der Waals surface area contributed by atoms with Gasteiger partial charge in [-0.2, -0.15) is 5.10 Å². The third-order valence-electron chi connectivity index (χ3n) is 5.47.